The van der Waals surface area contributed by atoms with E-state index in [2.05, 4.69) is 45.3 Å². The number of nitrogens with one attached hydrogen (secondary N) is 1. The quantitative estimate of drug-likeness (QED) is 0.861. The lowest BCUT2D eigenvalue weighted by atomic mass is 10.1. The maximum absolute atomic E-state index is 12.2. The van der Waals surface area contributed by atoms with Gasteiger partial charge in [0.2, 0.25) is 5.91 Å². The zero-order valence-electron chi connectivity index (χ0n) is 15.5. The number of nitrogens with zero attached hydrogens (tertiary/aromatic N) is 3. The molecule has 1 aliphatic rings. The summed E-state index contributed by atoms with van der Waals surface area (Å²) in [5.41, 5.74) is 3.30. The predicted molar refractivity (Wildman–Crippen MR) is 101 cm³/mol. The van der Waals surface area contributed by atoms with E-state index in [1.54, 1.807) is 0 Å². The number of morpholine rings is 1. The number of hydrogen-bond donors (Lipinski definition) is 1. The van der Waals surface area contributed by atoms with Crippen molar-refractivity contribution < 1.29 is 9.53 Å². The highest BCUT2D eigenvalue weighted by Crippen LogP contribution is 2.14. The molecule has 1 N–H and O–H groups in total. The Balaban J connectivity index is 1.53. The van der Waals surface area contributed by atoms with Crippen molar-refractivity contribution in [3.63, 3.8) is 0 Å². The summed E-state index contributed by atoms with van der Waals surface area (Å²) in [7, 11) is 0. The van der Waals surface area contributed by atoms with Gasteiger partial charge in [-0.2, -0.15) is 0 Å². The highest BCUT2D eigenvalue weighted by molar-refractivity contribution is 5.76. The van der Waals surface area contributed by atoms with E-state index in [0.717, 1.165) is 31.0 Å². The van der Waals surface area contributed by atoms with E-state index < -0.39 is 0 Å². The average Bonchev–Trinajstić information content (AvgIpc) is 2.65. The summed E-state index contributed by atoms with van der Waals surface area (Å²) in [5.74, 6) is 1.57. The molecule has 0 radical (unpaired) electrons. The fourth-order valence-electron chi connectivity index (χ4n) is 3.04. The molecule has 0 bridgehead atoms. The Morgan fingerprint density at radius 2 is 2.00 bits per heavy atom. The third-order valence-electron chi connectivity index (χ3n) is 4.39. The molecule has 1 amide bonds. The van der Waals surface area contributed by atoms with Gasteiger partial charge < -0.3 is 15.0 Å². The van der Waals surface area contributed by atoms with Crippen molar-refractivity contribution in [2.45, 2.75) is 33.2 Å². The highest BCUT2D eigenvalue weighted by Gasteiger charge is 2.14. The Kier molecular flexibility index (Phi) is 6.17. The van der Waals surface area contributed by atoms with E-state index in [1.807, 2.05) is 19.1 Å². The monoisotopic (exact) mass is 354 g/mol. The minimum atomic E-state index is 0.0181. The lowest BCUT2D eigenvalue weighted by molar-refractivity contribution is -0.121. The molecule has 1 fully saturated rings. The second kappa shape index (κ2) is 8.76. The number of carbonyl (C=O) groups excluding carboxylic acids is 1. The van der Waals surface area contributed by atoms with Gasteiger partial charge >= 0.3 is 0 Å². The second-order valence-corrected chi connectivity index (χ2v) is 6.65. The van der Waals surface area contributed by atoms with E-state index in [-0.39, 0.29) is 5.91 Å². The van der Waals surface area contributed by atoms with Gasteiger partial charge in [0.1, 0.15) is 11.6 Å². The molecule has 1 aromatic heterocycles. The molecule has 2 aromatic rings. The van der Waals surface area contributed by atoms with Crippen LogP contribution >= 0.6 is 0 Å². The SMILES string of the molecule is Cc1cccc(CCC(=O)NCc2nc(C)cc(N3CCOCC3)n2)c1. The Labute approximate surface area is 154 Å². The molecule has 1 saturated heterocycles. The maximum Gasteiger partial charge on any atom is 0.220 e. The van der Waals surface area contributed by atoms with E-state index >= 15 is 0 Å². The fraction of sp³-hybridized carbons (Fsp3) is 0.450. The number of benzene rings is 1. The van der Waals surface area contributed by atoms with E-state index in [0.29, 0.717) is 32.0 Å². The van der Waals surface area contributed by atoms with Crippen LogP contribution < -0.4 is 10.2 Å². The molecular weight excluding hydrogens is 328 g/mol. The van der Waals surface area contributed by atoms with Crippen LogP contribution in [0.15, 0.2) is 30.3 Å². The van der Waals surface area contributed by atoms with Gasteiger partial charge in [0.15, 0.2) is 0 Å². The zero-order valence-corrected chi connectivity index (χ0v) is 15.5. The standard InChI is InChI=1S/C20H26N4O2/c1-15-4-3-5-17(12-15)6-7-20(25)21-14-18-22-16(2)13-19(23-18)24-8-10-26-11-9-24/h3-5,12-13H,6-11,14H2,1-2H3,(H,21,25). The summed E-state index contributed by atoms with van der Waals surface area (Å²) < 4.78 is 5.39. The third kappa shape index (κ3) is 5.26. The first-order chi connectivity index (χ1) is 12.6. The van der Waals surface area contributed by atoms with Gasteiger partial charge in [0, 0.05) is 31.3 Å². The number of hydrogen-bond acceptors (Lipinski definition) is 5. The van der Waals surface area contributed by atoms with Gasteiger partial charge in [0.25, 0.3) is 0 Å². The molecule has 0 spiro atoms. The second-order valence-electron chi connectivity index (χ2n) is 6.65. The molecule has 0 saturated carbocycles. The zero-order chi connectivity index (χ0) is 18.4. The topological polar surface area (TPSA) is 67.4 Å². The number of aryl methyl sites for hydroxylation is 3. The number of aromatic nitrogens is 2. The third-order valence-corrected chi connectivity index (χ3v) is 4.39. The number of ether oxygens (including phenoxy) is 1. The molecule has 3 rings (SSSR count). The van der Waals surface area contributed by atoms with Gasteiger partial charge in [-0.15, -0.1) is 0 Å². The maximum atomic E-state index is 12.2. The van der Waals surface area contributed by atoms with Crippen molar-refractivity contribution >= 4 is 11.7 Å². The number of carbonyl (C=O) groups is 1. The molecular formula is C20H26N4O2. The van der Waals surface area contributed by atoms with Crippen LogP contribution in [-0.2, 0) is 22.5 Å². The fourth-order valence-corrected chi connectivity index (χ4v) is 3.04. The number of amides is 1. The van der Waals surface area contributed by atoms with Crippen molar-refractivity contribution in [2.24, 2.45) is 0 Å². The lowest BCUT2D eigenvalue weighted by Gasteiger charge is -2.28. The average molecular weight is 354 g/mol. The van der Waals surface area contributed by atoms with Crippen molar-refractivity contribution in [1.29, 1.82) is 0 Å². The van der Waals surface area contributed by atoms with Crippen LogP contribution in [0.4, 0.5) is 5.82 Å². The highest BCUT2D eigenvalue weighted by atomic mass is 16.5. The lowest BCUT2D eigenvalue weighted by Crippen LogP contribution is -2.37. The van der Waals surface area contributed by atoms with Crippen molar-refractivity contribution in [3.8, 4) is 0 Å². The van der Waals surface area contributed by atoms with Crippen LogP contribution in [0.5, 0.6) is 0 Å². The molecule has 138 valence electrons. The van der Waals surface area contributed by atoms with E-state index in [9.17, 15) is 4.79 Å². The summed E-state index contributed by atoms with van der Waals surface area (Å²) in [5, 5.41) is 2.93. The molecule has 26 heavy (non-hydrogen) atoms. The number of anilines is 1. The first-order valence-corrected chi connectivity index (χ1v) is 9.09. The summed E-state index contributed by atoms with van der Waals surface area (Å²) in [6, 6.07) is 10.2. The first-order valence-electron chi connectivity index (χ1n) is 9.09. The molecule has 2 heterocycles. The van der Waals surface area contributed by atoms with Crippen molar-refractivity contribution in [3.05, 3.63) is 53.0 Å². The molecule has 0 unspecified atom stereocenters. The van der Waals surface area contributed by atoms with Gasteiger partial charge in [-0.25, -0.2) is 9.97 Å². The van der Waals surface area contributed by atoms with E-state index in [1.165, 1.54) is 11.1 Å². The van der Waals surface area contributed by atoms with Crippen LogP contribution in [-0.4, -0.2) is 42.2 Å². The van der Waals surface area contributed by atoms with Crippen LogP contribution in [0, 0.1) is 13.8 Å². The summed E-state index contributed by atoms with van der Waals surface area (Å²) in [6.07, 6.45) is 1.20. The molecule has 1 aliphatic heterocycles. The first kappa shape index (κ1) is 18.3. The van der Waals surface area contributed by atoms with Crippen LogP contribution in [0.1, 0.15) is 29.1 Å². The molecule has 6 heteroatoms. The molecule has 1 aromatic carbocycles. The summed E-state index contributed by atoms with van der Waals surface area (Å²) >= 11 is 0. The Morgan fingerprint density at radius 3 is 2.77 bits per heavy atom. The van der Waals surface area contributed by atoms with Gasteiger partial charge in [-0.05, 0) is 25.8 Å². The molecule has 0 aliphatic carbocycles. The van der Waals surface area contributed by atoms with Crippen molar-refractivity contribution in [2.75, 3.05) is 31.2 Å². The van der Waals surface area contributed by atoms with E-state index in [4.69, 9.17) is 4.74 Å². The predicted octanol–water partition coefficient (Wildman–Crippen LogP) is 2.18. The van der Waals surface area contributed by atoms with Gasteiger partial charge in [-0.3, -0.25) is 4.79 Å². The Bertz CT molecular complexity index is 757. The Hall–Kier alpha value is -2.47. The summed E-state index contributed by atoms with van der Waals surface area (Å²) in [6.45, 7) is 7.46. The summed E-state index contributed by atoms with van der Waals surface area (Å²) in [4.78, 5) is 23.4. The minimum Gasteiger partial charge on any atom is -0.378 e. The minimum absolute atomic E-state index is 0.0181. The van der Waals surface area contributed by atoms with Gasteiger partial charge in [0.05, 0.1) is 19.8 Å². The van der Waals surface area contributed by atoms with Gasteiger partial charge in [-0.1, -0.05) is 29.8 Å². The Morgan fingerprint density at radius 1 is 1.19 bits per heavy atom. The van der Waals surface area contributed by atoms with Crippen molar-refractivity contribution in [1.82, 2.24) is 15.3 Å². The normalized spacial score (nSPS) is 14.3. The number of rotatable bonds is 6. The van der Waals surface area contributed by atoms with Crippen LogP contribution in [0.25, 0.3) is 0 Å². The molecule has 6 nitrogen and oxygen atoms in total. The van der Waals surface area contributed by atoms with Crippen LogP contribution in [0.3, 0.4) is 0 Å². The molecule has 0 atom stereocenters. The smallest absolute Gasteiger partial charge is 0.220 e. The van der Waals surface area contributed by atoms with Crippen LogP contribution in [0.2, 0.25) is 0 Å². The largest absolute Gasteiger partial charge is 0.378 e.